The Morgan fingerprint density at radius 1 is 1.38 bits per heavy atom. The fourth-order valence-electron chi connectivity index (χ4n) is 2.66. The number of rotatable bonds is 2. The normalized spacial score (nSPS) is 18.8. The Hall–Kier alpha value is -2.41. The van der Waals surface area contributed by atoms with Crippen molar-refractivity contribution in [3.05, 3.63) is 30.3 Å². The van der Waals surface area contributed by atoms with Gasteiger partial charge in [-0.25, -0.2) is 9.97 Å². The summed E-state index contributed by atoms with van der Waals surface area (Å²) in [6, 6.07) is 5.56. The van der Waals surface area contributed by atoms with E-state index in [2.05, 4.69) is 20.0 Å². The molecule has 1 aliphatic heterocycles. The highest BCUT2D eigenvalue weighted by molar-refractivity contribution is 5.60. The average Bonchev–Trinajstić information content (AvgIpc) is 3.16. The van der Waals surface area contributed by atoms with Gasteiger partial charge in [-0.2, -0.15) is 4.52 Å². The first-order chi connectivity index (χ1) is 10.2. The molecular weight excluding hydrogens is 270 g/mol. The van der Waals surface area contributed by atoms with Crippen molar-refractivity contribution in [2.24, 2.45) is 0 Å². The van der Waals surface area contributed by atoms with Gasteiger partial charge in [-0.05, 0) is 25.5 Å². The van der Waals surface area contributed by atoms with Crippen molar-refractivity contribution in [1.82, 2.24) is 19.6 Å². The lowest BCUT2D eigenvalue weighted by Crippen LogP contribution is -2.22. The molecule has 7 nitrogen and oxygen atoms in total. The number of hydrogen-bond donors (Lipinski definition) is 1. The molecule has 1 aliphatic rings. The van der Waals surface area contributed by atoms with Crippen LogP contribution in [0.2, 0.25) is 0 Å². The van der Waals surface area contributed by atoms with Crippen molar-refractivity contribution in [1.29, 1.82) is 0 Å². The van der Waals surface area contributed by atoms with E-state index in [1.807, 2.05) is 25.1 Å². The van der Waals surface area contributed by atoms with Gasteiger partial charge in [0, 0.05) is 19.2 Å². The number of hydrogen-bond acceptors (Lipinski definition) is 6. The van der Waals surface area contributed by atoms with Crippen molar-refractivity contribution >= 4 is 11.5 Å². The summed E-state index contributed by atoms with van der Waals surface area (Å²) >= 11 is 0. The van der Waals surface area contributed by atoms with Gasteiger partial charge in [-0.1, -0.05) is 0 Å². The summed E-state index contributed by atoms with van der Waals surface area (Å²) in [4.78, 5) is 11.1. The third-order valence-corrected chi connectivity index (χ3v) is 3.65. The lowest BCUT2D eigenvalue weighted by Gasteiger charge is -2.17. The van der Waals surface area contributed by atoms with Crippen molar-refractivity contribution in [3.63, 3.8) is 0 Å². The molecule has 1 saturated heterocycles. The quantitative estimate of drug-likeness (QED) is 0.763. The van der Waals surface area contributed by atoms with Crippen LogP contribution in [0.3, 0.4) is 0 Å². The van der Waals surface area contributed by atoms with E-state index in [4.69, 9.17) is 4.42 Å². The molecule has 21 heavy (non-hydrogen) atoms. The lowest BCUT2D eigenvalue weighted by molar-refractivity contribution is 0.198. The topological polar surface area (TPSA) is 79.7 Å². The zero-order chi connectivity index (χ0) is 14.4. The number of anilines is 1. The molecule has 0 aliphatic carbocycles. The van der Waals surface area contributed by atoms with E-state index in [9.17, 15) is 5.11 Å². The van der Waals surface area contributed by atoms with E-state index in [-0.39, 0.29) is 6.10 Å². The summed E-state index contributed by atoms with van der Waals surface area (Å²) < 4.78 is 7.14. The molecular formula is C14H15N5O2. The van der Waals surface area contributed by atoms with Crippen LogP contribution in [0.5, 0.6) is 0 Å². The SMILES string of the molecule is Cc1nc2cc(N3CC[C@H](O)C3)nc(-c3ccco3)n2n1. The van der Waals surface area contributed by atoms with Gasteiger partial charge in [0.05, 0.1) is 12.4 Å². The third kappa shape index (κ3) is 2.06. The zero-order valence-electron chi connectivity index (χ0n) is 11.6. The molecule has 3 aromatic rings. The van der Waals surface area contributed by atoms with Crippen molar-refractivity contribution in [3.8, 4) is 11.6 Å². The summed E-state index contributed by atoms with van der Waals surface area (Å²) in [6.07, 6.45) is 2.07. The van der Waals surface area contributed by atoms with Crippen LogP contribution in [-0.4, -0.2) is 43.9 Å². The first-order valence-electron chi connectivity index (χ1n) is 6.92. The molecule has 108 valence electrons. The van der Waals surface area contributed by atoms with E-state index in [1.165, 1.54) is 0 Å². The zero-order valence-corrected chi connectivity index (χ0v) is 11.6. The Morgan fingerprint density at radius 3 is 3.00 bits per heavy atom. The number of aromatic nitrogens is 4. The highest BCUT2D eigenvalue weighted by Crippen LogP contribution is 2.25. The Morgan fingerprint density at radius 2 is 2.29 bits per heavy atom. The van der Waals surface area contributed by atoms with Crippen LogP contribution < -0.4 is 4.90 Å². The third-order valence-electron chi connectivity index (χ3n) is 3.65. The van der Waals surface area contributed by atoms with Gasteiger partial charge >= 0.3 is 0 Å². The molecule has 0 spiro atoms. The molecule has 1 N–H and O–H groups in total. The summed E-state index contributed by atoms with van der Waals surface area (Å²) in [6.45, 7) is 3.22. The van der Waals surface area contributed by atoms with Crippen molar-refractivity contribution in [2.45, 2.75) is 19.4 Å². The Kier molecular flexibility index (Phi) is 2.68. The minimum absolute atomic E-state index is 0.297. The monoisotopic (exact) mass is 285 g/mol. The van der Waals surface area contributed by atoms with Crippen LogP contribution in [-0.2, 0) is 0 Å². The van der Waals surface area contributed by atoms with Gasteiger partial charge in [0.15, 0.2) is 11.4 Å². The molecule has 4 heterocycles. The van der Waals surface area contributed by atoms with E-state index >= 15 is 0 Å². The number of aliphatic hydroxyl groups excluding tert-OH is 1. The summed E-state index contributed by atoms with van der Waals surface area (Å²) in [5, 5.41) is 14.1. The van der Waals surface area contributed by atoms with Crippen LogP contribution in [0.4, 0.5) is 5.82 Å². The molecule has 0 radical (unpaired) electrons. The van der Waals surface area contributed by atoms with E-state index in [0.29, 0.717) is 24.0 Å². The molecule has 0 saturated carbocycles. The van der Waals surface area contributed by atoms with Crippen molar-refractivity contribution in [2.75, 3.05) is 18.0 Å². The second-order valence-electron chi connectivity index (χ2n) is 5.23. The van der Waals surface area contributed by atoms with Crippen LogP contribution in [0.15, 0.2) is 28.9 Å². The predicted molar refractivity (Wildman–Crippen MR) is 76.1 cm³/mol. The number of aryl methyl sites for hydroxylation is 1. The van der Waals surface area contributed by atoms with Crippen LogP contribution >= 0.6 is 0 Å². The average molecular weight is 285 g/mol. The lowest BCUT2D eigenvalue weighted by atomic mass is 10.3. The standard InChI is InChI=1S/C14H15N5O2/c1-9-15-13-7-12(18-5-4-10(20)8-18)16-14(19(13)17-9)11-3-2-6-21-11/h2-3,6-7,10,20H,4-5,8H2,1H3/t10-/m0/s1. The molecule has 1 fully saturated rings. The molecule has 0 unspecified atom stereocenters. The van der Waals surface area contributed by atoms with Gasteiger partial charge in [-0.15, -0.1) is 5.10 Å². The summed E-state index contributed by atoms with van der Waals surface area (Å²) in [7, 11) is 0. The Balaban J connectivity index is 1.89. The highest BCUT2D eigenvalue weighted by atomic mass is 16.3. The maximum Gasteiger partial charge on any atom is 0.200 e. The Bertz CT molecular complexity index is 780. The number of nitrogens with zero attached hydrogens (tertiary/aromatic N) is 5. The van der Waals surface area contributed by atoms with E-state index < -0.39 is 0 Å². The van der Waals surface area contributed by atoms with Crippen LogP contribution in [0.25, 0.3) is 17.2 Å². The van der Waals surface area contributed by atoms with Gasteiger partial charge in [0.25, 0.3) is 0 Å². The minimum Gasteiger partial charge on any atom is -0.461 e. The number of β-amino-alcohol motifs (C(OH)–C–C–N with tert-alkyl or cyclic N) is 1. The first-order valence-corrected chi connectivity index (χ1v) is 6.92. The molecule has 0 amide bonds. The number of fused-ring (bicyclic) bond motifs is 1. The highest BCUT2D eigenvalue weighted by Gasteiger charge is 2.23. The number of furan rings is 1. The minimum atomic E-state index is -0.297. The van der Waals surface area contributed by atoms with Gasteiger partial charge in [-0.3, -0.25) is 0 Å². The summed E-state index contributed by atoms with van der Waals surface area (Å²) in [5.41, 5.74) is 0.727. The second kappa shape index (κ2) is 4.56. The molecule has 0 aromatic carbocycles. The molecule has 4 rings (SSSR count). The fourth-order valence-corrected chi connectivity index (χ4v) is 2.66. The maximum absolute atomic E-state index is 9.71. The van der Waals surface area contributed by atoms with Crippen molar-refractivity contribution < 1.29 is 9.52 Å². The van der Waals surface area contributed by atoms with Gasteiger partial charge < -0.3 is 14.4 Å². The fraction of sp³-hybridized carbons (Fsp3) is 0.357. The second-order valence-corrected chi connectivity index (χ2v) is 5.23. The molecule has 3 aromatic heterocycles. The molecule has 1 atom stereocenters. The summed E-state index contributed by atoms with van der Waals surface area (Å²) in [5.74, 6) is 2.74. The predicted octanol–water partition coefficient (Wildman–Crippen LogP) is 1.26. The van der Waals surface area contributed by atoms with Crippen LogP contribution in [0, 0.1) is 6.92 Å². The Labute approximate surface area is 120 Å². The molecule has 0 bridgehead atoms. The van der Waals surface area contributed by atoms with Gasteiger partial charge in [0.1, 0.15) is 11.6 Å². The molecule has 7 heteroatoms. The largest absolute Gasteiger partial charge is 0.461 e. The van der Waals surface area contributed by atoms with E-state index in [1.54, 1.807) is 10.8 Å². The van der Waals surface area contributed by atoms with Crippen LogP contribution in [0.1, 0.15) is 12.2 Å². The van der Waals surface area contributed by atoms with Gasteiger partial charge in [0.2, 0.25) is 5.82 Å². The maximum atomic E-state index is 9.71. The first kappa shape index (κ1) is 12.3. The number of aliphatic hydroxyl groups is 1. The smallest absolute Gasteiger partial charge is 0.200 e. The van der Waals surface area contributed by atoms with E-state index in [0.717, 1.165) is 24.4 Å².